The first-order valence-electron chi connectivity index (χ1n) is 6.74. The van der Waals surface area contributed by atoms with Crippen molar-refractivity contribution >= 4 is 5.91 Å². The summed E-state index contributed by atoms with van der Waals surface area (Å²) in [4.78, 5) is 11.3. The van der Waals surface area contributed by atoms with Crippen LogP contribution in [-0.2, 0) is 9.53 Å². The Morgan fingerprint density at radius 2 is 1.95 bits per heavy atom. The Morgan fingerprint density at radius 3 is 2.55 bits per heavy atom. The van der Waals surface area contributed by atoms with Gasteiger partial charge < -0.3 is 14.2 Å². The van der Waals surface area contributed by atoms with Gasteiger partial charge in [-0.3, -0.25) is 10.2 Å². The van der Waals surface area contributed by atoms with E-state index < -0.39 is 6.10 Å². The van der Waals surface area contributed by atoms with Gasteiger partial charge in [-0.15, -0.1) is 0 Å². The fraction of sp³-hybridized carbons (Fsp3) is 0.500. The predicted octanol–water partition coefficient (Wildman–Crippen LogP) is 1.00. The summed E-state index contributed by atoms with van der Waals surface area (Å²) < 4.78 is 16.6. The normalized spacial score (nSPS) is 21.5. The molecule has 6 nitrogen and oxygen atoms in total. The van der Waals surface area contributed by atoms with E-state index >= 15 is 0 Å². The second kappa shape index (κ2) is 7.12. The third kappa shape index (κ3) is 3.85. The van der Waals surface area contributed by atoms with E-state index in [-0.39, 0.29) is 12.0 Å². The maximum absolute atomic E-state index is 11.3. The van der Waals surface area contributed by atoms with Crippen LogP contribution in [0, 0.1) is 0 Å². The number of rotatable bonds is 6. The molecule has 2 unspecified atom stereocenters. The molecule has 1 saturated heterocycles. The van der Waals surface area contributed by atoms with E-state index in [1.54, 1.807) is 0 Å². The Balaban J connectivity index is 1.77. The Labute approximate surface area is 118 Å². The molecule has 1 fully saturated rings. The molecule has 6 heteroatoms. The number of benzene rings is 1. The zero-order chi connectivity index (χ0) is 14.4. The minimum absolute atomic E-state index is 0.0798. The molecule has 1 aliphatic rings. The third-order valence-electron chi connectivity index (χ3n) is 3.11. The zero-order valence-electron chi connectivity index (χ0n) is 11.5. The van der Waals surface area contributed by atoms with Gasteiger partial charge >= 0.3 is 0 Å². The molecule has 0 aromatic heterocycles. The number of ether oxygens (including phenoxy) is 3. The molecule has 1 aromatic carbocycles. The average molecular weight is 280 g/mol. The molecule has 110 valence electrons. The van der Waals surface area contributed by atoms with E-state index in [4.69, 9.17) is 20.1 Å². The molecule has 1 aromatic rings. The van der Waals surface area contributed by atoms with E-state index in [1.807, 2.05) is 31.2 Å². The van der Waals surface area contributed by atoms with Crippen LogP contribution in [0.15, 0.2) is 24.3 Å². The molecule has 3 N–H and O–H groups in total. The maximum Gasteiger partial charge on any atom is 0.263 e. The summed E-state index contributed by atoms with van der Waals surface area (Å²) in [5.41, 5.74) is 2.10. The number of nitrogens with one attached hydrogen (secondary N) is 1. The van der Waals surface area contributed by atoms with E-state index in [2.05, 4.69) is 5.43 Å². The van der Waals surface area contributed by atoms with Crippen molar-refractivity contribution < 1.29 is 19.0 Å². The van der Waals surface area contributed by atoms with Crippen LogP contribution in [0.1, 0.15) is 19.8 Å². The first-order chi connectivity index (χ1) is 9.72. The highest BCUT2D eigenvalue weighted by Gasteiger charge is 2.30. The number of hydrogen-bond acceptors (Lipinski definition) is 5. The van der Waals surface area contributed by atoms with Gasteiger partial charge in [0.1, 0.15) is 24.2 Å². The number of amides is 1. The molecule has 1 aliphatic heterocycles. The molecule has 2 atom stereocenters. The van der Waals surface area contributed by atoms with E-state index in [0.29, 0.717) is 19.6 Å². The van der Waals surface area contributed by atoms with E-state index in [9.17, 15) is 4.79 Å². The van der Waals surface area contributed by atoms with Gasteiger partial charge in [0.2, 0.25) is 0 Å². The van der Waals surface area contributed by atoms with Crippen LogP contribution in [0.25, 0.3) is 0 Å². The predicted molar refractivity (Wildman–Crippen MR) is 73.3 cm³/mol. The van der Waals surface area contributed by atoms with Gasteiger partial charge in [0.25, 0.3) is 5.91 Å². The van der Waals surface area contributed by atoms with Crippen molar-refractivity contribution in [2.75, 3.05) is 13.2 Å². The average Bonchev–Trinajstić information content (AvgIpc) is 2.95. The highest BCUT2D eigenvalue weighted by Crippen LogP contribution is 2.22. The van der Waals surface area contributed by atoms with Crippen molar-refractivity contribution in [2.45, 2.75) is 32.0 Å². The van der Waals surface area contributed by atoms with Crippen LogP contribution in [0.2, 0.25) is 0 Å². The van der Waals surface area contributed by atoms with Gasteiger partial charge in [0.05, 0.1) is 12.7 Å². The van der Waals surface area contributed by atoms with Gasteiger partial charge in [-0.1, -0.05) is 0 Å². The molecular weight excluding hydrogens is 260 g/mol. The van der Waals surface area contributed by atoms with Crippen LogP contribution in [0.5, 0.6) is 11.5 Å². The number of hydrogen-bond donors (Lipinski definition) is 2. The van der Waals surface area contributed by atoms with Crippen LogP contribution in [0.4, 0.5) is 0 Å². The molecule has 0 radical (unpaired) electrons. The maximum atomic E-state index is 11.3. The molecule has 0 aliphatic carbocycles. The summed E-state index contributed by atoms with van der Waals surface area (Å²) in [7, 11) is 0. The molecule has 2 rings (SSSR count). The Hall–Kier alpha value is -1.79. The summed E-state index contributed by atoms with van der Waals surface area (Å²) in [6, 6.07) is 7.42. The van der Waals surface area contributed by atoms with E-state index in [0.717, 1.165) is 17.9 Å². The van der Waals surface area contributed by atoms with Crippen LogP contribution in [0.3, 0.4) is 0 Å². The van der Waals surface area contributed by atoms with Gasteiger partial charge in [-0.05, 0) is 44.0 Å². The number of carbonyl (C=O) groups excluding carboxylic acids is 1. The van der Waals surface area contributed by atoms with Crippen molar-refractivity contribution in [1.29, 1.82) is 0 Å². The smallest absolute Gasteiger partial charge is 0.263 e. The van der Waals surface area contributed by atoms with Crippen LogP contribution in [-0.4, -0.2) is 31.3 Å². The van der Waals surface area contributed by atoms with Crippen LogP contribution >= 0.6 is 0 Å². The fourth-order valence-electron chi connectivity index (χ4n) is 2.10. The van der Waals surface area contributed by atoms with E-state index in [1.165, 1.54) is 0 Å². The molecule has 1 heterocycles. The SMILES string of the molecule is CCOc1ccc(OCC2CCC(C(=O)NN)O2)cc1. The second-order valence-electron chi connectivity index (χ2n) is 4.55. The summed E-state index contributed by atoms with van der Waals surface area (Å²) in [6.07, 6.45) is 0.910. The lowest BCUT2D eigenvalue weighted by Crippen LogP contribution is -2.39. The molecular formula is C14H20N2O4. The van der Waals surface area contributed by atoms with Crippen molar-refractivity contribution in [3.63, 3.8) is 0 Å². The zero-order valence-corrected chi connectivity index (χ0v) is 11.5. The Morgan fingerprint density at radius 1 is 1.30 bits per heavy atom. The molecule has 0 saturated carbocycles. The third-order valence-corrected chi connectivity index (χ3v) is 3.11. The summed E-state index contributed by atoms with van der Waals surface area (Å²) in [5.74, 6) is 6.36. The molecule has 1 amide bonds. The Bertz CT molecular complexity index is 435. The lowest BCUT2D eigenvalue weighted by atomic mass is 10.2. The Kier molecular flexibility index (Phi) is 5.20. The minimum Gasteiger partial charge on any atom is -0.494 e. The lowest BCUT2D eigenvalue weighted by Gasteiger charge is -2.14. The quantitative estimate of drug-likeness (QED) is 0.461. The van der Waals surface area contributed by atoms with Gasteiger partial charge in [0.15, 0.2) is 0 Å². The second-order valence-corrected chi connectivity index (χ2v) is 4.55. The van der Waals surface area contributed by atoms with Crippen molar-refractivity contribution in [2.24, 2.45) is 5.84 Å². The minimum atomic E-state index is -0.464. The van der Waals surface area contributed by atoms with Gasteiger partial charge in [-0.25, -0.2) is 5.84 Å². The highest BCUT2D eigenvalue weighted by atomic mass is 16.5. The number of carbonyl (C=O) groups is 1. The fourth-order valence-corrected chi connectivity index (χ4v) is 2.10. The largest absolute Gasteiger partial charge is 0.494 e. The monoisotopic (exact) mass is 280 g/mol. The standard InChI is InChI=1S/C14H20N2O4/c1-2-18-10-3-5-11(6-4-10)19-9-12-7-8-13(20-12)14(17)16-15/h3-6,12-13H,2,7-9,15H2,1H3,(H,16,17). The topological polar surface area (TPSA) is 82.8 Å². The molecule has 20 heavy (non-hydrogen) atoms. The highest BCUT2D eigenvalue weighted by molar-refractivity contribution is 5.80. The van der Waals surface area contributed by atoms with Gasteiger partial charge in [-0.2, -0.15) is 0 Å². The van der Waals surface area contributed by atoms with Crippen LogP contribution < -0.4 is 20.7 Å². The summed E-state index contributed by atoms with van der Waals surface area (Å²) in [5, 5.41) is 0. The molecule has 0 bridgehead atoms. The number of nitrogens with two attached hydrogens (primary N) is 1. The molecule has 0 spiro atoms. The van der Waals surface area contributed by atoms with Gasteiger partial charge in [0, 0.05) is 0 Å². The van der Waals surface area contributed by atoms with Crippen molar-refractivity contribution in [1.82, 2.24) is 5.43 Å². The summed E-state index contributed by atoms with van der Waals surface area (Å²) in [6.45, 7) is 3.00. The number of hydrazine groups is 1. The first-order valence-corrected chi connectivity index (χ1v) is 6.74. The van der Waals surface area contributed by atoms with Crippen molar-refractivity contribution in [3.8, 4) is 11.5 Å². The van der Waals surface area contributed by atoms with Crippen molar-refractivity contribution in [3.05, 3.63) is 24.3 Å². The lowest BCUT2D eigenvalue weighted by molar-refractivity contribution is -0.132. The first kappa shape index (κ1) is 14.6. The summed E-state index contributed by atoms with van der Waals surface area (Å²) >= 11 is 0.